The second kappa shape index (κ2) is 5.47. The van der Waals surface area contributed by atoms with Crippen LogP contribution in [0, 0.1) is 5.92 Å². The van der Waals surface area contributed by atoms with E-state index in [2.05, 4.69) is 6.92 Å². The van der Waals surface area contributed by atoms with E-state index in [4.69, 9.17) is 9.52 Å². The number of rotatable bonds is 3. The number of likely N-dealkylation sites (tertiary alicyclic amines) is 1. The van der Waals surface area contributed by atoms with Gasteiger partial charge in [-0.15, -0.1) is 0 Å². The molecule has 104 valence electrons. The molecule has 1 aromatic heterocycles. The number of amides is 1. The van der Waals surface area contributed by atoms with Crippen LogP contribution in [0.5, 0.6) is 0 Å². The summed E-state index contributed by atoms with van der Waals surface area (Å²) in [5, 5.41) is 9.05. The Morgan fingerprint density at radius 2 is 2.05 bits per heavy atom. The zero-order chi connectivity index (χ0) is 14.0. The number of hydrogen-bond donors (Lipinski definition) is 1. The van der Waals surface area contributed by atoms with Gasteiger partial charge in [0.25, 0.3) is 5.91 Å². The van der Waals surface area contributed by atoms with Crippen LogP contribution in [0.2, 0.25) is 0 Å². The number of carbonyl (C=O) groups is 2. The van der Waals surface area contributed by atoms with Gasteiger partial charge in [-0.05, 0) is 18.8 Å². The predicted molar refractivity (Wildman–Crippen MR) is 69.3 cm³/mol. The Balaban J connectivity index is 2.17. The maximum absolute atomic E-state index is 12.2. The Hall–Kier alpha value is -1.78. The molecule has 0 aliphatic carbocycles. The normalized spacial score (nSPS) is 16.6. The third-order valence-corrected chi connectivity index (χ3v) is 3.64. The van der Waals surface area contributed by atoms with Gasteiger partial charge < -0.3 is 14.4 Å². The molecule has 0 radical (unpaired) electrons. The van der Waals surface area contributed by atoms with E-state index in [1.54, 1.807) is 4.90 Å². The van der Waals surface area contributed by atoms with Gasteiger partial charge >= 0.3 is 5.97 Å². The van der Waals surface area contributed by atoms with Gasteiger partial charge in [-0.25, -0.2) is 4.79 Å². The molecule has 0 aromatic carbocycles. The van der Waals surface area contributed by atoms with E-state index in [1.165, 1.54) is 6.07 Å². The first kappa shape index (κ1) is 13.6. The molecule has 1 amide bonds. The minimum atomic E-state index is -1.05. The van der Waals surface area contributed by atoms with E-state index in [1.807, 2.05) is 6.92 Å². The molecule has 5 heteroatoms. The molecule has 5 nitrogen and oxygen atoms in total. The predicted octanol–water partition coefficient (Wildman–Crippen LogP) is 2.41. The molecular weight excluding hydrogens is 246 g/mol. The Kier molecular flexibility index (Phi) is 3.93. The molecule has 1 N–H and O–H groups in total. The van der Waals surface area contributed by atoms with Crippen molar-refractivity contribution in [3.8, 4) is 0 Å². The first-order valence-corrected chi connectivity index (χ1v) is 6.68. The van der Waals surface area contributed by atoms with E-state index < -0.39 is 5.97 Å². The summed E-state index contributed by atoms with van der Waals surface area (Å²) in [6.07, 6.45) is 2.43. The summed E-state index contributed by atoms with van der Waals surface area (Å²) in [5.74, 6) is -0.104. The van der Waals surface area contributed by atoms with Crippen molar-refractivity contribution in [2.75, 3.05) is 13.1 Å². The second-order valence-electron chi connectivity index (χ2n) is 5.08. The van der Waals surface area contributed by atoms with Crippen LogP contribution >= 0.6 is 0 Å². The number of hydrogen-bond acceptors (Lipinski definition) is 3. The Morgan fingerprint density at radius 3 is 2.53 bits per heavy atom. The van der Waals surface area contributed by atoms with Crippen molar-refractivity contribution in [1.82, 2.24) is 4.90 Å². The quantitative estimate of drug-likeness (QED) is 0.911. The number of carboxylic acids is 1. The van der Waals surface area contributed by atoms with E-state index in [0.717, 1.165) is 12.8 Å². The lowest BCUT2D eigenvalue weighted by Crippen LogP contribution is -2.37. The molecule has 1 aromatic rings. The molecule has 0 saturated carbocycles. The van der Waals surface area contributed by atoms with Gasteiger partial charge in [0.2, 0.25) is 0 Å². The van der Waals surface area contributed by atoms with Crippen molar-refractivity contribution < 1.29 is 19.1 Å². The highest BCUT2D eigenvalue weighted by atomic mass is 16.4. The van der Waals surface area contributed by atoms with Crippen molar-refractivity contribution >= 4 is 11.9 Å². The smallest absolute Gasteiger partial charge is 0.339 e. The van der Waals surface area contributed by atoms with Crippen LogP contribution in [-0.4, -0.2) is 35.0 Å². The summed E-state index contributed by atoms with van der Waals surface area (Å²) in [4.78, 5) is 25.0. The largest absolute Gasteiger partial charge is 0.478 e. The van der Waals surface area contributed by atoms with Crippen molar-refractivity contribution in [2.45, 2.75) is 33.1 Å². The molecule has 0 bridgehead atoms. The summed E-state index contributed by atoms with van der Waals surface area (Å²) in [5.41, 5.74) is 0.0937. The zero-order valence-electron chi connectivity index (χ0n) is 11.3. The van der Waals surface area contributed by atoms with Gasteiger partial charge in [0.1, 0.15) is 11.3 Å². The van der Waals surface area contributed by atoms with Crippen LogP contribution in [0.25, 0.3) is 0 Å². The average Bonchev–Trinajstić information content (AvgIpc) is 2.83. The Labute approximate surface area is 112 Å². The number of aromatic carboxylic acids is 1. The van der Waals surface area contributed by atoms with Crippen LogP contribution in [-0.2, 0) is 6.42 Å². The van der Waals surface area contributed by atoms with Gasteiger partial charge in [0.05, 0.1) is 0 Å². The lowest BCUT2D eigenvalue weighted by atomic mass is 9.99. The number of nitrogens with zero attached hydrogens (tertiary/aromatic N) is 1. The van der Waals surface area contributed by atoms with Crippen LogP contribution < -0.4 is 0 Å². The fourth-order valence-corrected chi connectivity index (χ4v) is 2.35. The number of carboxylic acid groups (broad SMARTS) is 1. The molecule has 1 saturated heterocycles. The van der Waals surface area contributed by atoms with Gasteiger partial charge in [-0.2, -0.15) is 0 Å². The van der Waals surface area contributed by atoms with Crippen molar-refractivity contribution in [1.29, 1.82) is 0 Å². The first-order valence-electron chi connectivity index (χ1n) is 6.68. The zero-order valence-corrected chi connectivity index (χ0v) is 11.3. The van der Waals surface area contributed by atoms with Gasteiger partial charge in [-0.1, -0.05) is 13.8 Å². The molecule has 0 spiro atoms. The molecule has 1 aliphatic heterocycles. The molecule has 0 unspecified atom stereocenters. The van der Waals surface area contributed by atoms with Crippen LogP contribution in [0.4, 0.5) is 0 Å². The highest BCUT2D eigenvalue weighted by Crippen LogP contribution is 2.21. The van der Waals surface area contributed by atoms with Gasteiger partial charge in [0.15, 0.2) is 5.76 Å². The fourth-order valence-electron chi connectivity index (χ4n) is 2.35. The Bertz CT molecular complexity index is 484. The van der Waals surface area contributed by atoms with Gasteiger partial charge in [-0.3, -0.25) is 4.79 Å². The third kappa shape index (κ3) is 2.80. The Morgan fingerprint density at radius 1 is 1.42 bits per heavy atom. The maximum Gasteiger partial charge on any atom is 0.339 e. The molecule has 2 heterocycles. The fraction of sp³-hybridized carbons (Fsp3) is 0.571. The molecule has 2 rings (SSSR count). The minimum Gasteiger partial charge on any atom is -0.478 e. The van der Waals surface area contributed by atoms with Crippen LogP contribution in [0.15, 0.2) is 10.5 Å². The summed E-state index contributed by atoms with van der Waals surface area (Å²) < 4.78 is 5.40. The minimum absolute atomic E-state index is 0.0937. The SMILES string of the molecule is CCc1oc(C(=O)N2CCC(C)CC2)cc1C(=O)O. The molecule has 1 aliphatic rings. The highest BCUT2D eigenvalue weighted by molar-refractivity contribution is 5.96. The summed E-state index contributed by atoms with van der Waals surface area (Å²) in [6.45, 7) is 5.41. The van der Waals surface area contributed by atoms with E-state index >= 15 is 0 Å². The van der Waals surface area contributed by atoms with E-state index in [9.17, 15) is 9.59 Å². The monoisotopic (exact) mass is 265 g/mol. The number of furan rings is 1. The van der Waals surface area contributed by atoms with Crippen LogP contribution in [0.3, 0.4) is 0 Å². The highest BCUT2D eigenvalue weighted by Gasteiger charge is 2.26. The number of carbonyl (C=O) groups excluding carboxylic acids is 1. The standard InChI is InChI=1S/C14H19NO4/c1-3-11-10(14(17)18)8-12(19-11)13(16)15-6-4-9(2)5-7-15/h8-9H,3-7H2,1-2H3,(H,17,18). The maximum atomic E-state index is 12.2. The average molecular weight is 265 g/mol. The molecule has 0 atom stereocenters. The molecule has 1 fully saturated rings. The lowest BCUT2D eigenvalue weighted by Gasteiger charge is -2.29. The van der Waals surface area contributed by atoms with Gasteiger partial charge in [0, 0.05) is 25.6 Å². The second-order valence-corrected chi connectivity index (χ2v) is 5.08. The molecular formula is C14H19NO4. The topological polar surface area (TPSA) is 70.8 Å². The van der Waals surface area contributed by atoms with Crippen LogP contribution in [0.1, 0.15) is 53.4 Å². The van der Waals surface area contributed by atoms with Crippen molar-refractivity contribution in [3.05, 3.63) is 23.2 Å². The summed E-state index contributed by atoms with van der Waals surface area (Å²) >= 11 is 0. The van der Waals surface area contributed by atoms with E-state index in [-0.39, 0.29) is 17.2 Å². The lowest BCUT2D eigenvalue weighted by molar-refractivity contribution is 0.0660. The van der Waals surface area contributed by atoms with E-state index in [0.29, 0.717) is 31.2 Å². The third-order valence-electron chi connectivity index (χ3n) is 3.64. The van der Waals surface area contributed by atoms with Crippen molar-refractivity contribution in [3.63, 3.8) is 0 Å². The molecule has 19 heavy (non-hydrogen) atoms. The first-order chi connectivity index (χ1) is 9.02. The summed E-state index contributed by atoms with van der Waals surface area (Å²) in [6, 6.07) is 1.35. The summed E-state index contributed by atoms with van der Waals surface area (Å²) in [7, 11) is 0. The number of aryl methyl sites for hydroxylation is 1. The number of piperidine rings is 1. The van der Waals surface area contributed by atoms with Crippen molar-refractivity contribution in [2.24, 2.45) is 5.92 Å².